The van der Waals surface area contributed by atoms with Crippen molar-refractivity contribution in [3.05, 3.63) is 212 Å². The molecule has 364 valence electrons. The van der Waals surface area contributed by atoms with Crippen LogP contribution in [0.4, 0.5) is 11.4 Å². The number of hydrogen-bond acceptors (Lipinski definition) is 9. The third-order valence-electron chi connectivity index (χ3n) is 12.6. The molecule has 0 spiro atoms. The summed E-state index contributed by atoms with van der Waals surface area (Å²) < 4.78 is 0. The summed E-state index contributed by atoms with van der Waals surface area (Å²) in [7, 11) is 0. The minimum absolute atomic E-state index is 0. The van der Waals surface area contributed by atoms with E-state index in [9.17, 15) is 33.9 Å². The number of hydrogen-bond donors (Lipinski definition) is 5. The van der Waals surface area contributed by atoms with E-state index in [-0.39, 0.29) is 43.2 Å². The van der Waals surface area contributed by atoms with Gasteiger partial charge in [-0.05, 0) is 71.5 Å². The number of nitrogens with zero attached hydrogens (tertiary/aromatic N) is 3. The van der Waals surface area contributed by atoms with Crippen LogP contribution >= 0.6 is 0 Å². The minimum Gasteiger partial charge on any atom is -0.481 e. The molecule has 3 heterocycles. The van der Waals surface area contributed by atoms with E-state index in [1.165, 1.54) is 4.90 Å². The zero-order chi connectivity index (χ0) is 49.8. The number of nitrogens with two attached hydrogens (primary N) is 1. The Morgan fingerprint density at radius 1 is 0.648 bits per heavy atom. The molecule has 2 atom stereocenters. The lowest BCUT2D eigenvalue weighted by Crippen LogP contribution is -2.38. The fourth-order valence-electron chi connectivity index (χ4n) is 9.34. The molecule has 6 aromatic carbocycles. The predicted octanol–water partition coefficient (Wildman–Crippen LogP) is 9.53. The van der Waals surface area contributed by atoms with Crippen LogP contribution in [0.5, 0.6) is 0 Å². The van der Waals surface area contributed by atoms with Gasteiger partial charge >= 0.3 is 11.9 Å². The van der Waals surface area contributed by atoms with Crippen molar-refractivity contribution in [1.82, 2.24) is 20.4 Å². The zero-order valence-corrected chi connectivity index (χ0v) is 38.9. The van der Waals surface area contributed by atoms with Crippen molar-refractivity contribution in [2.75, 3.05) is 10.6 Å². The number of aromatic amines is 2. The highest BCUT2D eigenvalue weighted by Gasteiger charge is 2.52. The lowest BCUT2D eigenvalue weighted by atomic mass is 9.74. The fraction of sp³-hybridized carbons (Fsp3) is 0.228. The first-order valence-corrected chi connectivity index (χ1v) is 23.1. The second kappa shape index (κ2) is 23.2. The molecule has 14 nitrogen and oxygen atoms in total. The second-order valence-electron chi connectivity index (χ2n) is 17.3. The van der Waals surface area contributed by atoms with Crippen molar-refractivity contribution in [1.29, 1.82) is 0 Å². The number of carboxylic acids is 2. The van der Waals surface area contributed by atoms with Crippen molar-refractivity contribution < 1.29 is 29.4 Å². The molecule has 2 unspecified atom stereocenters. The summed E-state index contributed by atoms with van der Waals surface area (Å²) in [5.74, 6) is -2.53. The number of fused-ring (bicyclic) bond motifs is 2. The summed E-state index contributed by atoms with van der Waals surface area (Å²) in [6.07, 6.45) is 3.23. The minimum atomic E-state index is -1.32. The summed E-state index contributed by atoms with van der Waals surface area (Å²) in [5.41, 5.74) is 9.52. The maximum Gasteiger partial charge on any atom is 0.314 e. The number of H-pyrrole nitrogens is 2. The van der Waals surface area contributed by atoms with Crippen LogP contribution < -0.4 is 21.8 Å². The van der Waals surface area contributed by atoms with Crippen molar-refractivity contribution >= 4 is 56.7 Å². The van der Waals surface area contributed by atoms with Crippen LogP contribution in [-0.4, -0.2) is 54.4 Å². The number of benzene rings is 6. The zero-order valence-electron chi connectivity index (χ0n) is 38.9. The Morgan fingerprint density at radius 3 is 1.66 bits per heavy atom. The first kappa shape index (κ1) is 51.9. The van der Waals surface area contributed by atoms with Gasteiger partial charge in [-0.1, -0.05) is 155 Å². The van der Waals surface area contributed by atoms with Gasteiger partial charge in [0.25, 0.3) is 11.1 Å². The van der Waals surface area contributed by atoms with Gasteiger partial charge in [-0.25, -0.2) is 15.1 Å². The molecule has 0 bridgehead atoms. The van der Waals surface area contributed by atoms with E-state index in [1.807, 2.05) is 123 Å². The Hall–Kier alpha value is -8.52. The molecule has 6 N–H and O–H groups in total. The predicted molar refractivity (Wildman–Crippen MR) is 277 cm³/mol. The molecule has 0 saturated carbocycles. The highest BCUT2D eigenvalue weighted by molar-refractivity contribution is 6.24. The summed E-state index contributed by atoms with van der Waals surface area (Å²) in [4.78, 5) is 74.5. The highest BCUT2D eigenvalue weighted by atomic mass is 16.4. The smallest absolute Gasteiger partial charge is 0.314 e. The van der Waals surface area contributed by atoms with E-state index in [0.29, 0.717) is 54.1 Å². The Labute approximate surface area is 411 Å². The van der Waals surface area contributed by atoms with Crippen LogP contribution in [0.3, 0.4) is 0 Å². The third kappa shape index (κ3) is 11.5. The van der Waals surface area contributed by atoms with Gasteiger partial charge in [-0.15, -0.1) is 0 Å². The number of carbonyl (C=O) groups is 4. The lowest BCUT2D eigenvalue weighted by Gasteiger charge is -2.28. The van der Waals surface area contributed by atoms with Crippen molar-refractivity contribution in [3.63, 3.8) is 0 Å². The average Bonchev–Trinajstić information content (AvgIpc) is 3.62. The highest BCUT2D eigenvalue weighted by Crippen LogP contribution is 2.42. The number of carbonyl (C=O) groups excluding carboxylic acids is 2. The fourth-order valence-corrected chi connectivity index (χ4v) is 9.34. The number of aliphatic carboxylic acids is 2. The molecule has 1 aliphatic rings. The third-order valence-corrected chi connectivity index (χ3v) is 12.6. The molecule has 2 amide bonds. The van der Waals surface area contributed by atoms with E-state index >= 15 is 0 Å². The molecule has 8 aromatic rings. The number of anilines is 2. The molecular weight excluding hydrogens is 897 g/mol. The summed E-state index contributed by atoms with van der Waals surface area (Å²) in [5, 5.41) is 34.8. The van der Waals surface area contributed by atoms with E-state index in [2.05, 4.69) is 20.4 Å². The Bertz CT molecular complexity index is 3280. The van der Waals surface area contributed by atoms with E-state index in [4.69, 9.17) is 10.8 Å². The van der Waals surface area contributed by atoms with Crippen LogP contribution in [-0.2, 0) is 42.8 Å². The van der Waals surface area contributed by atoms with Crippen LogP contribution in [0.1, 0.15) is 93.4 Å². The molecular formula is C57H58N6O8. The van der Waals surface area contributed by atoms with Gasteiger partial charge in [-0.3, -0.25) is 28.8 Å². The molecule has 9 rings (SSSR count). The van der Waals surface area contributed by atoms with Crippen molar-refractivity contribution in [3.8, 4) is 0 Å². The number of nitrogens with one attached hydrogen (secondary N) is 2. The van der Waals surface area contributed by atoms with E-state index < -0.39 is 22.8 Å². The quantitative estimate of drug-likeness (QED) is 0.0509. The first-order chi connectivity index (χ1) is 33.8. The number of nitrogen functional groups attached to an aromatic ring is 1. The van der Waals surface area contributed by atoms with Gasteiger partial charge in [0.05, 0.1) is 39.7 Å². The molecule has 14 heteroatoms. The van der Waals surface area contributed by atoms with Crippen LogP contribution in [0, 0.1) is 0 Å². The van der Waals surface area contributed by atoms with Crippen LogP contribution in [0.15, 0.2) is 167 Å². The molecule has 1 saturated heterocycles. The molecule has 71 heavy (non-hydrogen) atoms. The molecule has 0 radical (unpaired) electrons. The van der Waals surface area contributed by atoms with Crippen molar-refractivity contribution in [2.45, 2.75) is 83.5 Å². The molecule has 0 aliphatic carbocycles. The second-order valence-corrected chi connectivity index (χ2v) is 17.3. The van der Waals surface area contributed by atoms with E-state index in [0.717, 1.165) is 51.0 Å². The summed E-state index contributed by atoms with van der Waals surface area (Å²) >= 11 is 0. The maximum absolute atomic E-state index is 13.8. The van der Waals surface area contributed by atoms with Crippen LogP contribution in [0.2, 0.25) is 0 Å². The van der Waals surface area contributed by atoms with E-state index in [1.54, 1.807) is 48.5 Å². The normalized spacial score (nSPS) is 14.9. The molecule has 2 aromatic heterocycles. The standard InChI is InChI=1S/C28H25N3O3.C15H13N3O.C13H16O4.CH4/c1-2-15-28(20-10-4-3-5-11-20)18-25(32)31(27(28)34)21-12-8-9-19(16-21)17-24-22-13-6-7-14-23(22)26(33)30-29-24;16-11-5-3-4-10(8-11)9-14-12-6-1-2-7-13(12)15(19)18-17-14;1-2-8-13(12(16)17,9-11(14)15)10-6-4-3-5-7-10;/h3-14,16H,2,15,17-18H2,1H3,(H,30,33);1-8H,9,16H2,(H,18,19);3-7H,2,8-9H2,1H3,(H,14,15)(H,16,17);1H4. The number of carboxylic acid groups (broad SMARTS) is 2. The Balaban J connectivity index is 0.000000190. The number of rotatable bonds is 14. The van der Waals surface area contributed by atoms with Gasteiger partial charge in [-0.2, -0.15) is 10.2 Å². The maximum atomic E-state index is 13.8. The van der Waals surface area contributed by atoms with Gasteiger partial charge in [0.15, 0.2) is 0 Å². The number of imide groups is 1. The van der Waals surface area contributed by atoms with Gasteiger partial charge < -0.3 is 15.9 Å². The monoisotopic (exact) mass is 954 g/mol. The van der Waals surface area contributed by atoms with Crippen LogP contribution in [0.25, 0.3) is 21.5 Å². The first-order valence-electron chi connectivity index (χ1n) is 23.1. The Kier molecular flexibility index (Phi) is 16.9. The van der Waals surface area contributed by atoms with Gasteiger partial charge in [0, 0.05) is 35.7 Å². The summed E-state index contributed by atoms with van der Waals surface area (Å²) in [6, 6.07) is 48.2. The molecule has 1 aliphatic heterocycles. The lowest BCUT2D eigenvalue weighted by molar-refractivity contribution is -0.150. The topological polar surface area (TPSA) is 229 Å². The average molecular weight is 955 g/mol. The largest absolute Gasteiger partial charge is 0.481 e. The molecule has 1 fully saturated rings. The van der Waals surface area contributed by atoms with Gasteiger partial charge in [0.2, 0.25) is 11.8 Å². The Morgan fingerprint density at radius 2 is 1.15 bits per heavy atom. The SMILES string of the molecule is C.CCCC(CC(=O)O)(C(=O)O)c1ccccc1.CCCC1(c2ccccc2)CC(=O)N(c2cccc(Cc3n[nH]c(=O)c4ccccc34)c2)C1=O.Nc1cccc(Cc2n[nH]c(=O)c3ccccc23)c1. The number of aromatic nitrogens is 4. The number of amides is 2. The van der Waals surface area contributed by atoms with Gasteiger partial charge in [0.1, 0.15) is 5.41 Å². The summed E-state index contributed by atoms with van der Waals surface area (Å²) in [6.45, 7) is 3.88. The van der Waals surface area contributed by atoms with Crippen molar-refractivity contribution in [2.24, 2.45) is 0 Å².